The van der Waals surface area contributed by atoms with Gasteiger partial charge in [-0.3, -0.25) is 9.69 Å². The zero-order valence-corrected chi connectivity index (χ0v) is 21.6. The normalized spacial score (nSPS) is 42.5. The number of halogens is 1. The summed E-state index contributed by atoms with van der Waals surface area (Å²) in [5.74, 6) is 1.81. The fraction of sp³-hybridized carbons (Fsp3) is 0.958. The van der Waals surface area contributed by atoms with E-state index in [1.165, 1.54) is 37.4 Å². The molecular formula is C24H41ClN2O5S. The van der Waals surface area contributed by atoms with E-state index in [0.29, 0.717) is 11.8 Å². The number of nitrogens with one attached hydrogen (secondary N) is 1. The molecule has 4 fully saturated rings. The maximum absolute atomic E-state index is 13.6. The van der Waals surface area contributed by atoms with Crippen molar-refractivity contribution in [3.05, 3.63) is 0 Å². The summed E-state index contributed by atoms with van der Waals surface area (Å²) in [4.78, 5) is 15.7. The summed E-state index contributed by atoms with van der Waals surface area (Å²) < 4.78 is 12.4. The van der Waals surface area contributed by atoms with Crippen molar-refractivity contribution in [1.29, 1.82) is 0 Å². The van der Waals surface area contributed by atoms with Crippen molar-refractivity contribution in [3.8, 4) is 0 Å². The molecule has 9 heteroatoms. The first-order valence-electron chi connectivity index (χ1n) is 12.6. The Morgan fingerprint density at radius 3 is 2.55 bits per heavy atom. The van der Waals surface area contributed by atoms with E-state index in [1.54, 1.807) is 0 Å². The Bertz CT molecular complexity index is 667. The number of alkyl halides is 1. The molecule has 0 bridgehead atoms. The van der Waals surface area contributed by atoms with Crippen LogP contribution >= 0.6 is 23.4 Å². The molecule has 190 valence electrons. The molecule has 4 aliphatic rings. The number of carbonyl (C=O) groups excluding carboxylic acids is 1. The highest BCUT2D eigenvalue weighted by Crippen LogP contribution is 2.42. The molecule has 1 unspecified atom stereocenters. The summed E-state index contributed by atoms with van der Waals surface area (Å²) in [7, 11) is 2.01. The van der Waals surface area contributed by atoms with Gasteiger partial charge >= 0.3 is 0 Å². The van der Waals surface area contributed by atoms with E-state index in [1.807, 2.05) is 20.2 Å². The number of likely N-dealkylation sites (tertiary alicyclic amines) is 1. The lowest BCUT2D eigenvalue weighted by molar-refractivity contribution is -0.149. The minimum atomic E-state index is -0.952. The van der Waals surface area contributed by atoms with Crippen molar-refractivity contribution >= 4 is 29.3 Å². The van der Waals surface area contributed by atoms with Crippen LogP contribution in [-0.2, 0) is 14.3 Å². The van der Waals surface area contributed by atoms with Gasteiger partial charge in [0, 0.05) is 25.5 Å². The summed E-state index contributed by atoms with van der Waals surface area (Å²) in [5.41, 5.74) is -0.551. The lowest BCUT2D eigenvalue weighted by atomic mass is 9.81. The second-order valence-electron chi connectivity index (χ2n) is 10.6. The number of nitrogens with zero attached hydrogens (tertiary/aromatic N) is 1. The van der Waals surface area contributed by atoms with Gasteiger partial charge in [-0.15, -0.1) is 23.4 Å². The molecule has 1 saturated carbocycles. The van der Waals surface area contributed by atoms with Crippen LogP contribution in [-0.4, -0.2) is 94.8 Å². The van der Waals surface area contributed by atoms with Gasteiger partial charge in [0.15, 0.2) is 0 Å². The van der Waals surface area contributed by atoms with Gasteiger partial charge in [0.2, 0.25) is 5.91 Å². The van der Waals surface area contributed by atoms with Crippen LogP contribution in [0.3, 0.4) is 0 Å². The van der Waals surface area contributed by atoms with E-state index in [2.05, 4.69) is 10.2 Å². The Labute approximate surface area is 207 Å². The fourth-order valence-corrected chi connectivity index (χ4v) is 7.59. The average Bonchev–Trinajstić information content (AvgIpc) is 3.36. The summed E-state index contributed by atoms with van der Waals surface area (Å²) in [6.07, 6.45) is 7.26. The third kappa shape index (κ3) is 5.68. The van der Waals surface area contributed by atoms with Gasteiger partial charge in [-0.1, -0.05) is 25.7 Å². The van der Waals surface area contributed by atoms with Gasteiger partial charge in [-0.2, -0.15) is 0 Å². The van der Waals surface area contributed by atoms with E-state index in [0.717, 1.165) is 31.9 Å². The van der Waals surface area contributed by atoms with Gasteiger partial charge in [-0.25, -0.2) is 0 Å². The fourth-order valence-electron chi connectivity index (χ4n) is 6.65. The molecule has 3 aliphatic heterocycles. The van der Waals surface area contributed by atoms with Crippen LogP contribution < -0.4 is 5.32 Å². The largest absolute Gasteiger partial charge is 0.390 e. The van der Waals surface area contributed by atoms with Gasteiger partial charge in [0.25, 0.3) is 0 Å². The number of thioether (sulfide) groups is 1. The van der Waals surface area contributed by atoms with Crippen molar-refractivity contribution in [2.24, 2.45) is 17.8 Å². The zero-order valence-electron chi connectivity index (χ0n) is 20.1. The molecule has 4 rings (SSSR count). The van der Waals surface area contributed by atoms with Crippen molar-refractivity contribution in [2.45, 2.75) is 99.2 Å². The molecule has 3 heterocycles. The number of likely N-dealkylation sites (N-methyl/N-ethyl adjacent to an activating group) is 1. The number of hydrogen-bond donors (Lipinski definition) is 3. The van der Waals surface area contributed by atoms with Gasteiger partial charge in [0.05, 0.1) is 29.7 Å². The molecule has 7 nitrogen and oxygen atoms in total. The van der Waals surface area contributed by atoms with Crippen molar-refractivity contribution < 1.29 is 24.5 Å². The number of hydrogen-bond acceptors (Lipinski definition) is 7. The van der Waals surface area contributed by atoms with Crippen molar-refractivity contribution in [1.82, 2.24) is 10.2 Å². The SMILES string of the molecule is CSC1O[C@H]([C@H](NC(=O)[C@@H]2[C@@H]3OCC[C@H](C4CCCC4)C[C@H]3CN2C)[C@H](C)Cl)C[C@@H](O)[C@H]1O. The number of aliphatic hydroxyl groups is 2. The van der Waals surface area contributed by atoms with Gasteiger partial charge in [0.1, 0.15) is 17.6 Å². The highest BCUT2D eigenvalue weighted by atomic mass is 35.5. The van der Waals surface area contributed by atoms with Crippen molar-refractivity contribution in [3.63, 3.8) is 0 Å². The molecule has 33 heavy (non-hydrogen) atoms. The maximum Gasteiger partial charge on any atom is 0.240 e. The van der Waals surface area contributed by atoms with Gasteiger partial charge < -0.3 is 25.0 Å². The van der Waals surface area contributed by atoms with E-state index in [4.69, 9.17) is 21.1 Å². The number of carbonyl (C=O) groups is 1. The lowest BCUT2D eigenvalue weighted by Gasteiger charge is -2.41. The predicted molar refractivity (Wildman–Crippen MR) is 130 cm³/mol. The molecule has 1 aliphatic carbocycles. The molecule has 3 saturated heterocycles. The molecule has 0 aromatic carbocycles. The summed E-state index contributed by atoms with van der Waals surface area (Å²) in [6, 6.07) is -0.828. The van der Waals surface area contributed by atoms with Crippen LogP contribution in [0.5, 0.6) is 0 Å². The number of fused-ring (bicyclic) bond motifs is 1. The van der Waals surface area contributed by atoms with Crippen LogP contribution in [0.25, 0.3) is 0 Å². The molecule has 3 N–H and O–H groups in total. The Hall–Kier alpha value is -0.0900. The Morgan fingerprint density at radius 1 is 1.15 bits per heavy atom. The zero-order chi connectivity index (χ0) is 23.7. The van der Waals surface area contributed by atoms with Crippen LogP contribution in [0, 0.1) is 17.8 Å². The topological polar surface area (TPSA) is 91.3 Å². The minimum Gasteiger partial charge on any atom is -0.390 e. The quantitative estimate of drug-likeness (QED) is 0.478. The van der Waals surface area contributed by atoms with E-state index in [-0.39, 0.29) is 24.5 Å². The first-order chi connectivity index (χ1) is 15.8. The van der Waals surface area contributed by atoms with E-state index < -0.39 is 35.2 Å². The standard InChI is InChI=1S/C24H41ClN2O5S/c1-13(25)19(18-11-17(28)21(29)24(32-18)33-3)26-23(30)20-22-16(12-27(20)2)10-15(8-9-31-22)14-6-4-5-7-14/h13-22,24,28-29H,4-12H2,1-3H3,(H,26,30)/t13-,15-,16-,17+,18-,19+,20-,21+,22+,24?/m0/s1. The average molecular weight is 505 g/mol. The Kier molecular flexibility index (Phi) is 8.91. The molecule has 0 aromatic heterocycles. The van der Waals surface area contributed by atoms with E-state index >= 15 is 0 Å². The Morgan fingerprint density at radius 2 is 1.88 bits per heavy atom. The third-order valence-corrected chi connectivity index (χ3v) is 9.53. The Balaban J connectivity index is 1.43. The number of rotatable bonds is 6. The van der Waals surface area contributed by atoms with Crippen LogP contribution in [0.15, 0.2) is 0 Å². The third-order valence-electron chi connectivity index (χ3n) is 8.41. The molecule has 0 radical (unpaired) electrons. The first kappa shape index (κ1) is 26.0. The second-order valence-corrected chi connectivity index (χ2v) is 12.2. The summed E-state index contributed by atoms with van der Waals surface area (Å²) >= 11 is 7.85. The number of ether oxygens (including phenoxy) is 2. The molecule has 0 spiro atoms. The van der Waals surface area contributed by atoms with Crippen LogP contribution in [0.4, 0.5) is 0 Å². The van der Waals surface area contributed by atoms with Crippen LogP contribution in [0.1, 0.15) is 51.9 Å². The monoisotopic (exact) mass is 504 g/mol. The lowest BCUT2D eigenvalue weighted by Crippen LogP contribution is -2.59. The number of aliphatic hydroxyl groups excluding tert-OH is 2. The van der Waals surface area contributed by atoms with E-state index in [9.17, 15) is 15.0 Å². The van der Waals surface area contributed by atoms with Gasteiger partial charge in [-0.05, 0) is 44.9 Å². The highest BCUT2D eigenvalue weighted by Gasteiger charge is 2.49. The molecular weight excluding hydrogens is 464 g/mol. The van der Waals surface area contributed by atoms with Crippen molar-refractivity contribution in [2.75, 3.05) is 26.5 Å². The summed E-state index contributed by atoms with van der Waals surface area (Å²) in [5, 5.41) is 23.3. The molecule has 10 atom stereocenters. The summed E-state index contributed by atoms with van der Waals surface area (Å²) in [6.45, 7) is 3.42. The second kappa shape index (κ2) is 11.3. The predicted octanol–water partition coefficient (Wildman–Crippen LogP) is 2.21. The minimum absolute atomic E-state index is 0.0910. The highest BCUT2D eigenvalue weighted by molar-refractivity contribution is 7.99. The molecule has 0 aromatic rings. The smallest absolute Gasteiger partial charge is 0.240 e. The van der Waals surface area contributed by atoms with Crippen LogP contribution in [0.2, 0.25) is 0 Å². The first-order valence-corrected chi connectivity index (χ1v) is 14.3. The molecule has 1 amide bonds. The maximum atomic E-state index is 13.6. The number of amides is 1.